The second kappa shape index (κ2) is 7.63. The predicted octanol–water partition coefficient (Wildman–Crippen LogP) is 1.46. The quantitative estimate of drug-likeness (QED) is 0.791. The minimum Gasteiger partial charge on any atom is -0.496 e. The molecule has 0 saturated carbocycles. The molecule has 0 aromatic heterocycles. The Morgan fingerprint density at radius 1 is 1.27 bits per heavy atom. The maximum Gasteiger partial charge on any atom is 0.339 e. The zero-order valence-electron chi connectivity index (χ0n) is 15.4. The fraction of sp³-hybridized carbons (Fsp3) is 0.579. The molecule has 2 heterocycles. The second-order valence-corrected chi connectivity index (χ2v) is 7.12. The Kier molecular flexibility index (Phi) is 5.48. The number of methoxy groups -OCH3 is 2. The van der Waals surface area contributed by atoms with Crippen molar-refractivity contribution in [3.05, 3.63) is 29.3 Å². The summed E-state index contributed by atoms with van der Waals surface area (Å²) in [5, 5.41) is 9.33. The van der Waals surface area contributed by atoms with Crippen LogP contribution < -0.4 is 4.74 Å². The number of carbonyl (C=O) groups excluding carboxylic acids is 1. The third kappa shape index (κ3) is 3.54. The van der Waals surface area contributed by atoms with Crippen LogP contribution in [0.25, 0.3) is 0 Å². The number of hydrogen-bond donors (Lipinski definition) is 1. The van der Waals surface area contributed by atoms with Gasteiger partial charge < -0.3 is 19.5 Å². The van der Waals surface area contributed by atoms with Crippen molar-refractivity contribution in [1.29, 1.82) is 0 Å². The van der Waals surface area contributed by atoms with Crippen LogP contribution >= 0.6 is 0 Å². The summed E-state index contributed by atoms with van der Waals surface area (Å²) in [6.45, 7) is 4.22. The molecule has 1 aromatic carbocycles. The Morgan fingerprint density at radius 3 is 2.73 bits per heavy atom. The lowest BCUT2D eigenvalue weighted by atomic mass is 9.85. The van der Waals surface area contributed by atoms with E-state index >= 15 is 0 Å². The summed E-state index contributed by atoms with van der Waals surface area (Å²) in [6, 6.07) is 5.24. The van der Waals surface area contributed by atoms with Crippen molar-refractivity contribution in [1.82, 2.24) is 9.80 Å². The molecule has 2 aliphatic rings. The highest BCUT2D eigenvalue weighted by Crippen LogP contribution is 2.41. The Morgan fingerprint density at radius 2 is 2.04 bits per heavy atom. The van der Waals surface area contributed by atoms with Gasteiger partial charge in [0, 0.05) is 33.3 Å². The minimum atomic E-state index is -0.999. The van der Waals surface area contributed by atoms with Crippen LogP contribution in [0.15, 0.2) is 18.2 Å². The van der Waals surface area contributed by atoms with E-state index in [2.05, 4.69) is 4.90 Å². The number of rotatable bonds is 7. The zero-order valence-corrected chi connectivity index (χ0v) is 15.4. The summed E-state index contributed by atoms with van der Waals surface area (Å²) in [6.07, 6.45) is 1.74. The number of benzene rings is 1. The van der Waals surface area contributed by atoms with Crippen molar-refractivity contribution in [2.45, 2.75) is 19.4 Å². The van der Waals surface area contributed by atoms with E-state index in [0.717, 1.165) is 38.0 Å². The van der Waals surface area contributed by atoms with E-state index in [1.54, 1.807) is 19.2 Å². The van der Waals surface area contributed by atoms with Gasteiger partial charge in [-0.1, -0.05) is 6.07 Å². The molecule has 1 amide bonds. The standard InChI is InChI=1S/C19H26N2O5/c1-25-10-9-21-8-6-19(18(21)24)5-7-20(13-19)12-14-3-4-16(26-2)15(11-14)17(22)23/h3-4,11H,5-10,12-13H2,1-2H3,(H,22,23). The van der Waals surface area contributed by atoms with E-state index in [9.17, 15) is 14.7 Å². The molecule has 1 unspecified atom stereocenters. The van der Waals surface area contributed by atoms with Gasteiger partial charge in [0.25, 0.3) is 0 Å². The molecule has 0 aliphatic carbocycles. The molecule has 2 aliphatic heterocycles. The predicted molar refractivity (Wildman–Crippen MR) is 95.4 cm³/mol. The summed E-state index contributed by atoms with van der Waals surface area (Å²) in [5.74, 6) is -0.404. The highest BCUT2D eigenvalue weighted by Gasteiger charge is 2.50. The van der Waals surface area contributed by atoms with Crippen molar-refractivity contribution in [3.8, 4) is 5.75 Å². The second-order valence-electron chi connectivity index (χ2n) is 7.12. The first-order valence-corrected chi connectivity index (χ1v) is 8.90. The topological polar surface area (TPSA) is 79.3 Å². The van der Waals surface area contributed by atoms with Crippen LogP contribution in [0, 0.1) is 5.41 Å². The van der Waals surface area contributed by atoms with E-state index < -0.39 is 5.97 Å². The molecule has 1 spiro atoms. The van der Waals surface area contributed by atoms with Gasteiger partial charge in [-0.2, -0.15) is 0 Å². The molecule has 26 heavy (non-hydrogen) atoms. The summed E-state index contributed by atoms with van der Waals surface area (Å²) in [5.41, 5.74) is 0.805. The first-order chi connectivity index (χ1) is 12.5. The third-order valence-corrected chi connectivity index (χ3v) is 5.50. The first-order valence-electron chi connectivity index (χ1n) is 8.90. The van der Waals surface area contributed by atoms with Gasteiger partial charge in [-0.15, -0.1) is 0 Å². The zero-order chi connectivity index (χ0) is 18.7. The molecule has 142 valence electrons. The summed E-state index contributed by atoms with van der Waals surface area (Å²) in [4.78, 5) is 28.3. The molecule has 0 radical (unpaired) electrons. The van der Waals surface area contributed by atoms with Gasteiger partial charge in [-0.05, 0) is 37.1 Å². The van der Waals surface area contributed by atoms with Gasteiger partial charge >= 0.3 is 5.97 Å². The number of aromatic carboxylic acids is 1. The molecule has 0 bridgehead atoms. The highest BCUT2D eigenvalue weighted by molar-refractivity contribution is 5.91. The monoisotopic (exact) mass is 362 g/mol. The molecule has 1 N–H and O–H groups in total. The van der Waals surface area contributed by atoms with E-state index in [1.165, 1.54) is 7.11 Å². The van der Waals surface area contributed by atoms with Crippen LogP contribution in [0.4, 0.5) is 0 Å². The lowest BCUT2D eigenvalue weighted by Gasteiger charge is -2.24. The van der Waals surface area contributed by atoms with Crippen LogP contribution in [-0.4, -0.2) is 73.8 Å². The van der Waals surface area contributed by atoms with Crippen molar-refractivity contribution in [2.75, 3.05) is 47.0 Å². The lowest BCUT2D eigenvalue weighted by Crippen LogP contribution is -2.38. The lowest BCUT2D eigenvalue weighted by molar-refractivity contribution is -0.136. The molecule has 7 nitrogen and oxygen atoms in total. The Labute approximate surface area is 153 Å². The van der Waals surface area contributed by atoms with Gasteiger partial charge in [0.15, 0.2) is 0 Å². The Bertz CT molecular complexity index is 693. The maximum absolute atomic E-state index is 12.8. The summed E-state index contributed by atoms with van der Waals surface area (Å²) in [7, 11) is 3.11. The van der Waals surface area contributed by atoms with Crippen molar-refractivity contribution >= 4 is 11.9 Å². The number of nitrogens with zero attached hydrogens (tertiary/aromatic N) is 2. The van der Waals surface area contributed by atoms with Crippen LogP contribution in [0.1, 0.15) is 28.8 Å². The Balaban J connectivity index is 1.66. The van der Waals surface area contributed by atoms with E-state index in [0.29, 0.717) is 25.4 Å². The highest BCUT2D eigenvalue weighted by atomic mass is 16.5. The maximum atomic E-state index is 12.8. The number of carboxylic acids is 1. The van der Waals surface area contributed by atoms with Gasteiger partial charge in [0.2, 0.25) is 5.91 Å². The van der Waals surface area contributed by atoms with Crippen LogP contribution in [0.3, 0.4) is 0 Å². The molecular formula is C19H26N2O5. The number of likely N-dealkylation sites (tertiary alicyclic amines) is 2. The van der Waals surface area contributed by atoms with Crippen molar-refractivity contribution in [3.63, 3.8) is 0 Å². The van der Waals surface area contributed by atoms with Crippen molar-refractivity contribution < 1.29 is 24.2 Å². The number of carbonyl (C=O) groups is 2. The smallest absolute Gasteiger partial charge is 0.339 e. The fourth-order valence-electron chi connectivity index (χ4n) is 4.06. The fourth-order valence-corrected chi connectivity index (χ4v) is 4.06. The van der Waals surface area contributed by atoms with E-state index in [1.807, 2.05) is 11.0 Å². The van der Waals surface area contributed by atoms with Gasteiger partial charge in [0.1, 0.15) is 11.3 Å². The SMILES string of the molecule is COCCN1CCC2(CCN(Cc3ccc(OC)c(C(=O)O)c3)C2)C1=O. The van der Waals surface area contributed by atoms with Crippen molar-refractivity contribution in [2.24, 2.45) is 5.41 Å². The third-order valence-electron chi connectivity index (χ3n) is 5.50. The molecule has 2 fully saturated rings. The van der Waals surface area contributed by atoms with E-state index in [-0.39, 0.29) is 16.9 Å². The number of amides is 1. The normalized spacial score (nSPS) is 23.2. The number of ether oxygens (including phenoxy) is 2. The number of carboxylic acid groups (broad SMARTS) is 1. The molecule has 1 aromatic rings. The summed E-state index contributed by atoms with van der Waals surface area (Å²) < 4.78 is 10.2. The van der Waals surface area contributed by atoms with Gasteiger partial charge in [-0.25, -0.2) is 4.79 Å². The van der Waals surface area contributed by atoms with Crippen LogP contribution in [0.5, 0.6) is 5.75 Å². The van der Waals surface area contributed by atoms with Crippen LogP contribution in [-0.2, 0) is 16.1 Å². The summed E-state index contributed by atoms with van der Waals surface area (Å²) >= 11 is 0. The van der Waals surface area contributed by atoms with E-state index in [4.69, 9.17) is 9.47 Å². The van der Waals surface area contributed by atoms with Gasteiger partial charge in [-0.3, -0.25) is 9.69 Å². The largest absolute Gasteiger partial charge is 0.496 e. The average molecular weight is 362 g/mol. The average Bonchev–Trinajstić information content (AvgIpc) is 3.18. The minimum absolute atomic E-state index is 0.168. The Hall–Kier alpha value is -2.12. The molecular weight excluding hydrogens is 336 g/mol. The molecule has 2 saturated heterocycles. The molecule has 7 heteroatoms. The number of hydrogen-bond acceptors (Lipinski definition) is 5. The van der Waals surface area contributed by atoms with Crippen LogP contribution in [0.2, 0.25) is 0 Å². The molecule has 1 atom stereocenters. The first kappa shape index (κ1) is 18.7. The van der Waals surface area contributed by atoms with Gasteiger partial charge in [0.05, 0.1) is 19.1 Å². The molecule has 3 rings (SSSR count).